The van der Waals surface area contributed by atoms with E-state index in [1.165, 1.54) is 11.1 Å². The molecule has 1 aromatic heterocycles. The fourth-order valence-corrected chi connectivity index (χ4v) is 4.82. The van der Waals surface area contributed by atoms with Crippen molar-refractivity contribution in [2.75, 3.05) is 26.2 Å². The molecule has 4 rings (SSSR count). The minimum atomic E-state index is -0.629. The average molecular weight is 450 g/mol. The molecule has 6 heteroatoms. The molecule has 1 saturated heterocycles. The van der Waals surface area contributed by atoms with Crippen molar-refractivity contribution in [3.05, 3.63) is 70.2 Å². The van der Waals surface area contributed by atoms with Gasteiger partial charge in [0.25, 0.3) is 0 Å². The topological polar surface area (TPSA) is 67.5 Å². The highest BCUT2D eigenvalue weighted by molar-refractivity contribution is 5.88. The summed E-state index contributed by atoms with van der Waals surface area (Å²) >= 11 is 0. The second-order valence-corrected chi connectivity index (χ2v) is 9.57. The number of rotatable bonds is 8. The number of fused-ring (bicyclic) bond motifs is 1. The average Bonchev–Trinajstić information content (AvgIpc) is 3.14. The van der Waals surface area contributed by atoms with Gasteiger partial charge in [0.2, 0.25) is 0 Å². The molecule has 2 aromatic carbocycles. The number of piperidine rings is 1. The van der Waals surface area contributed by atoms with Gasteiger partial charge in [-0.2, -0.15) is 4.57 Å². The Morgan fingerprint density at radius 3 is 2.58 bits per heavy atom. The number of benzene rings is 2. The molecule has 0 bridgehead atoms. The summed E-state index contributed by atoms with van der Waals surface area (Å²) in [6.07, 6.45) is 5.01. The summed E-state index contributed by atoms with van der Waals surface area (Å²) in [7, 11) is 0. The summed E-state index contributed by atoms with van der Waals surface area (Å²) in [5, 5.41) is 2.86. The van der Waals surface area contributed by atoms with Gasteiger partial charge in [-0.15, -0.1) is 0 Å². The van der Waals surface area contributed by atoms with Crippen molar-refractivity contribution in [3.8, 4) is 0 Å². The van der Waals surface area contributed by atoms with E-state index in [0.29, 0.717) is 29.5 Å². The number of unbranched alkanes of at least 4 members (excludes halogenated alkanes) is 1. The smallest absolute Gasteiger partial charge is 0.407 e. The van der Waals surface area contributed by atoms with E-state index in [-0.39, 0.29) is 0 Å². The highest BCUT2D eigenvalue weighted by Crippen LogP contribution is 2.30. The molecule has 1 fully saturated rings. The SMILES string of the molecule is CC(C)CN1CCC(c2ccc3c(c2)oc(=O)n3C(=O)NCCCCc2ccccc2)CC1. The standard InChI is InChI=1S/C27H35N3O3/c1-20(2)19-29-16-13-22(14-17-29)23-11-12-24-25(18-23)33-27(32)30(24)26(31)28-15-7-6-10-21-8-4-3-5-9-21/h3-5,8-9,11-12,18,20,22H,6-7,10,13-17,19H2,1-2H3,(H,28,31). The molecule has 3 aromatic rings. The van der Waals surface area contributed by atoms with E-state index >= 15 is 0 Å². The number of amides is 1. The predicted molar refractivity (Wildman–Crippen MR) is 132 cm³/mol. The number of aryl methyl sites for hydroxylation is 1. The fourth-order valence-electron chi connectivity index (χ4n) is 4.82. The van der Waals surface area contributed by atoms with Crippen molar-refractivity contribution in [2.45, 2.75) is 51.9 Å². The molecule has 6 nitrogen and oxygen atoms in total. The first-order valence-electron chi connectivity index (χ1n) is 12.2. The van der Waals surface area contributed by atoms with Gasteiger partial charge in [-0.1, -0.05) is 50.2 Å². The Kier molecular flexibility index (Phi) is 7.65. The van der Waals surface area contributed by atoms with Crippen LogP contribution >= 0.6 is 0 Å². The van der Waals surface area contributed by atoms with E-state index in [9.17, 15) is 9.59 Å². The zero-order valence-electron chi connectivity index (χ0n) is 19.8. The number of carbonyl (C=O) groups excluding carboxylic acids is 1. The van der Waals surface area contributed by atoms with Gasteiger partial charge in [0, 0.05) is 13.1 Å². The molecule has 2 heterocycles. The van der Waals surface area contributed by atoms with Crippen molar-refractivity contribution >= 4 is 17.1 Å². The number of oxazole rings is 1. The number of nitrogens with one attached hydrogen (secondary N) is 1. The van der Waals surface area contributed by atoms with Gasteiger partial charge in [0.1, 0.15) is 0 Å². The first-order valence-corrected chi connectivity index (χ1v) is 12.2. The minimum absolute atomic E-state index is 0.423. The second-order valence-electron chi connectivity index (χ2n) is 9.57. The van der Waals surface area contributed by atoms with Gasteiger partial charge in [0.05, 0.1) is 5.52 Å². The summed E-state index contributed by atoms with van der Waals surface area (Å²) in [4.78, 5) is 27.6. The van der Waals surface area contributed by atoms with Crippen molar-refractivity contribution in [1.29, 1.82) is 0 Å². The molecule has 1 N–H and O–H groups in total. The van der Waals surface area contributed by atoms with E-state index in [0.717, 1.165) is 56.3 Å². The molecule has 0 spiro atoms. The first kappa shape index (κ1) is 23.3. The van der Waals surface area contributed by atoms with Gasteiger partial charge >= 0.3 is 11.8 Å². The maximum atomic E-state index is 12.7. The Morgan fingerprint density at radius 2 is 1.85 bits per heavy atom. The summed E-state index contributed by atoms with van der Waals surface area (Å²) in [6.45, 7) is 8.38. The lowest BCUT2D eigenvalue weighted by atomic mass is 9.89. The van der Waals surface area contributed by atoms with E-state index in [4.69, 9.17) is 4.42 Å². The molecule has 0 saturated carbocycles. The normalized spacial score (nSPS) is 15.4. The zero-order chi connectivity index (χ0) is 23.2. The van der Waals surface area contributed by atoms with Crippen LogP contribution in [0.3, 0.4) is 0 Å². The quantitative estimate of drug-likeness (QED) is 0.491. The third-order valence-corrected chi connectivity index (χ3v) is 6.50. The molecule has 0 aliphatic carbocycles. The first-order chi connectivity index (χ1) is 16.0. The van der Waals surface area contributed by atoms with Crippen LogP contribution in [0.25, 0.3) is 11.1 Å². The molecule has 176 valence electrons. The number of hydrogen-bond donors (Lipinski definition) is 1. The van der Waals surface area contributed by atoms with E-state index in [1.54, 1.807) is 0 Å². The van der Waals surface area contributed by atoms with Crippen LogP contribution in [-0.4, -0.2) is 41.7 Å². The molecular formula is C27H35N3O3. The minimum Gasteiger partial charge on any atom is -0.407 e. The number of aromatic nitrogens is 1. The molecule has 0 radical (unpaired) electrons. The molecule has 0 unspecified atom stereocenters. The van der Waals surface area contributed by atoms with Crippen LogP contribution in [0.5, 0.6) is 0 Å². The maximum Gasteiger partial charge on any atom is 0.428 e. The lowest BCUT2D eigenvalue weighted by Crippen LogP contribution is -2.35. The van der Waals surface area contributed by atoms with Crippen LogP contribution in [0.15, 0.2) is 57.7 Å². The molecule has 33 heavy (non-hydrogen) atoms. The Balaban J connectivity index is 1.33. The van der Waals surface area contributed by atoms with Crippen LogP contribution in [-0.2, 0) is 6.42 Å². The third kappa shape index (κ3) is 5.93. The second kappa shape index (κ2) is 10.8. The third-order valence-electron chi connectivity index (χ3n) is 6.50. The monoisotopic (exact) mass is 449 g/mol. The Hall–Kier alpha value is -2.86. The van der Waals surface area contributed by atoms with E-state index in [2.05, 4.69) is 36.2 Å². The van der Waals surface area contributed by atoms with Gasteiger partial charge < -0.3 is 14.6 Å². The number of nitrogens with zero attached hydrogens (tertiary/aromatic N) is 2. The predicted octanol–water partition coefficient (Wildman–Crippen LogP) is 5.01. The van der Waals surface area contributed by atoms with Gasteiger partial charge in [-0.25, -0.2) is 9.59 Å². The highest BCUT2D eigenvalue weighted by Gasteiger charge is 2.23. The van der Waals surface area contributed by atoms with Crippen LogP contribution in [0.1, 0.15) is 56.6 Å². The molecule has 1 aliphatic heterocycles. The van der Waals surface area contributed by atoms with Crippen molar-refractivity contribution < 1.29 is 9.21 Å². The summed E-state index contributed by atoms with van der Waals surface area (Å²) < 4.78 is 6.56. The Labute approximate surface area is 195 Å². The largest absolute Gasteiger partial charge is 0.428 e. The van der Waals surface area contributed by atoms with Crippen LogP contribution in [0, 0.1) is 5.92 Å². The summed E-state index contributed by atoms with van der Waals surface area (Å²) in [5.74, 6) is 0.516. The number of hydrogen-bond acceptors (Lipinski definition) is 4. The molecule has 0 atom stereocenters. The Morgan fingerprint density at radius 1 is 1.09 bits per heavy atom. The molecular weight excluding hydrogens is 414 g/mol. The van der Waals surface area contributed by atoms with E-state index in [1.807, 2.05) is 36.4 Å². The highest BCUT2D eigenvalue weighted by atomic mass is 16.4. The van der Waals surface area contributed by atoms with Crippen molar-refractivity contribution in [3.63, 3.8) is 0 Å². The Bertz CT molecular complexity index is 1110. The van der Waals surface area contributed by atoms with Gasteiger partial charge in [-0.05, 0) is 80.3 Å². The fraction of sp³-hybridized carbons (Fsp3) is 0.481. The van der Waals surface area contributed by atoms with Gasteiger partial charge in [-0.3, -0.25) is 0 Å². The number of likely N-dealkylation sites (tertiary alicyclic amines) is 1. The molecule has 1 aliphatic rings. The zero-order valence-corrected chi connectivity index (χ0v) is 19.8. The van der Waals surface area contributed by atoms with Crippen LogP contribution in [0.4, 0.5) is 4.79 Å². The van der Waals surface area contributed by atoms with Crippen molar-refractivity contribution in [2.24, 2.45) is 5.92 Å². The lowest BCUT2D eigenvalue weighted by Gasteiger charge is -2.33. The van der Waals surface area contributed by atoms with E-state index < -0.39 is 11.8 Å². The molecule has 1 amide bonds. The van der Waals surface area contributed by atoms with Gasteiger partial charge in [0.15, 0.2) is 5.58 Å². The van der Waals surface area contributed by atoms with Crippen molar-refractivity contribution in [1.82, 2.24) is 14.8 Å². The summed E-state index contributed by atoms with van der Waals surface area (Å²) in [5.41, 5.74) is 3.50. The lowest BCUT2D eigenvalue weighted by molar-refractivity contribution is 0.192. The van der Waals surface area contributed by atoms with Crippen LogP contribution in [0.2, 0.25) is 0 Å². The maximum absolute atomic E-state index is 12.7. The summed E-state index contributed by atoms with van der Waals surface area (Å²) in [6, 6.07) is 15.7. The van der Waals surface area contributed by atoms with Crippen LogP contribution < -0.4 is 11.1 Å². The number of carbonyl (C=O) groups is 1.